The number of aliphatic imine (C=N–C) groups is 1. The van der Waals surface area contributed by atoms with Crippen LogP contribution in [0.25, 0.3) is 0 Å². The number of fused-ring (bicyclic) bond motifs is 1. The van der Waals surface area contributed by atoms with Crippen LogP contribution in [0.4, 0.5) is 8.78 Å². The molecule has 1 heterocycles. The molecule has 0 atom stereocenters. The van der Waals surface area contributed by atoms with Crippen LogP contribution in [0.15, 0.2) is 35.3 Å². The molecule has 0 amide bonds. The van der Waals surface area contributed by atoms with Crippen molar-refractivity contribution in [2.75, 3.05) is 21.0 Å². The Kier molecular flexibility index (Phi) is 6.43. The molecule has 0 saturated heterocycles. The number of phenolic OH excluding ortho intramolecular Hbond substituents is 1. The summed E-state index contributed by atoms with van der Waals surface area (Å²) in [5.41, 5.74) is 1.05. The van der Waals surface area contributed by atoms with Crippen LogP contribution in [0.1, 0.15) is 11.1 Å². The molecule has 0 aromatic heterocycles. The van der Waals surface area contributed by atoms with Gasteiger partial charge in [-0.25, -0.2) is 0 Å². The highest BCUT2D eigenvalue weighted by Gasteiger charge is 2.20. The molecule has 0 bridgehead atoms. The van der Waals surface area contributed by atoms with Crippen molar-refractivity contribution in [2.45, 2.75) is 19.7 Å². The van der Waals surface area contributed by atoms with Crippen LogP contribution in [-0.2, 0) is 13.1 Å². The monoisotopic (exact) mass is 409 g/mol. The van der Waals surface area contributed by atoms with Crippen molar-refractivity contribution < 1.29 is 32.8 Å². The second kappa shape index (κ2) is 9.18. The predicted octanol–water partition coefficient (Wildman–Crippen LogP) is 2.60. The van der Waals surface area contributed by atoms with Gasteiger partial charge in [-0.05, 0) is 24.3 Å². The van der Waals surface area contributed by atoms with Crippen molar-refractivity contribution in [1.29, 1.82) is 0 Å². The van der Waals surface area contributed by atoms with Gasteiger partial charge in [0.25, 0.3) is 0 Å². The summed E-state index contributed by atoms with van der Waals surface area (Å²) in [6, 6.07) is 7.83. The average molecular weight is 409 g/mol. The van der Waals surface area contributed by atoms with Crippen molar-refractivity contribution in [3.05, 3.63) is 41.5 Å². The molecular formula is C19H21F2N3O5. The number of rotatable bonds is 7. The Hall–Kier alpha value is -3.43. The van der Waals surface area contributed by atoms with Gasteiger partial charge < -0.3 is 34.7 Å². The second-order valence-electron chi connectivity index (χ2n) is 5.97. The number of hydrogen-bond donors (Lipinski definition) is 3. The first-order valence-electron chi connectivity index (χ1n) is 8.68. The van der Waals surface area contributed by atoms with Crippen LogP contribution in [-0.4, -0.2) is 38.6 Å². The molecule has 156 valence electrons. The van der Waals surface area contributed by atoms with Gasteiger partial charge in [-0.2, -0.15) is 8.78 Å². The minimum Gasteiger partial charge on any atom is -0.508 e. The molecule has 3 rings (SSSR count). The lowest BCUT2D eigenvalue weighted by Crippen LogP contribution is -2.36. The molecule has 0 spiro atoms. The summed E-state index contributed by atoms with van der Waals surface area (Å²) >= 11 is 0. The number of ether oxygens (including phenoxy) is 4. The molecule has 2 aromatic carbocycles. The number of guanidine groups is 1. The van der Waals surface area contributed by atoms with E-state index in [1.54, 1.807) is 25.2 Å². The highest BCUT2D eigenvalue weighted by atomic mass is 19.3. The van der Waals surface area contributed by atoms with E-state index in [9.17, 15) is 13.9 Å². The highest BCUT2D eigenvalue weighted by molar-refractivity contribution is 5.79. The number of nitrogens with zero attached hydrogens (tertiary/aromatic N) is 1. The first-order chi connectivity index (χ1) is 14.0. The van der Waals surface area contributed by atoms with Crippen LogP contribution in [0.2, 0.25) is 0 Å². The molecule has 0 aliphatic carbocycles. The van der Waals surface area contributed by atoms with Gasteiger partial charge in [0.15, 0.2) is 17.5 Å². The molecule has 3 N–H and O–H groups in total. The van der Waals surface area contributed by atoms with Gasteiger partial charge >= 0.3 is 6.61 Å². The van der Waals surface area contributed by atoms with E-state index in [1.807, 2.05) is 0 Å². The maximum atomic E-state index is 12.7. The summed E-state index contributed by atoms with van der Waals surface area (Å²) < 4.78 is 45.7. The Balaban J connectivity index is 1.66. The van der Waals surface area contributed by atoms with Crippen molar-refractivity contribution in [3.63, 3.8) is 0 Å². The Morgan fingerprint density at radius 3 is 2.48 bits per heavy atom. The minimum absolute atomic E-state index is 0.0161. The summed E-state index contributed by atoms with van der Waals surface area (Å²) in [5.74, 6) is 1.90. The molecule has 8 nitrogen and oxygen atoms in total. The van der Waals surface area contributed by atoms with Gasteiger partial charge in [0.05, 0.1) is 7.11 Å². The Morgan fingerprint density at radius 2 is 1.83 bits per heavy atom. The van der Waals surface area contributed by atoms with Crippen LogP contribution in [0, 0.1) is 0 Å². The maximum Gasteiger partial charge on any atom is 0.387 e. The van der Waals surface area contributed by atoms with Crippen molar-refractivity contribution >= 4 is 5.96 Å². The fourth-order valence-electron chi connectivity index (χ4n) is 2.72. The smallest absolute Gasteiger partial charge is 0.387 e. The SMILES string of the molecule is CN=C(NCc1cc(OC)ccc1O)NCc1cc2c(cc1OC(F)F)OCO2. The molecule has 0 radical (unpaired) electrons. The zero-order valence-electron chi connectivity index (χ0n) is 15.9. The van der Waals surface area contributed by atoms with Crippen LogP contribution in [0.5, 0.6) is 28.7 Å². The number of alkyl halides is 2. The lowest BCUT2D eigenvalue weighted by atomic mass is 10.1. The maximum absolute atomic E-state index is 12.7. The topological polar surface area (TPSA) is 93.6 Å². The summed E-state index contributed by atoms with van der Waals surface area (Å²) in [5, 5.41) is 16.0. The van der Waals surface area contributed by atoms with Crippen molar-refractivity contribution in [2.24, 2.45) is 4.99 Å². The fraction of sp³-hybridized carbons (Fsp3) is 0.316. The number of benzene rings is 2. The molecule has 0 saturated carbocycles. The second-order valence-corrected chi connectivity index (χ2v) is 5.97. The Morgan fingerprint density at radius 1 is 1.14 bits per heavy atom. The normalized spacial score (nSPS) is 12.8. The zero-order chi connectivity index (χ0) is 20.8. The van der Waals surface area contributed by atoms with E-state index in [0.717, 1.165) is 0 Å². The van der Waals surface area contributed by atoms with Crippen LogP contribution in [0.3, 0.4) is 0 Å². The van der Waals surface area contributed by atoms with E-state index < -0.39 is 6.61 Å². The first-order valence-corrected chi connectivity index (χ1v) is 8.68. The van der Waals surface area contributed by atoms with E-state index in [-0.39, 0.29) is 31.4 Å². The third-order valence-electron chi connectivity index (χ3n) is 4.17. The largest absolute Gasteiger partial charge is 0.508 e. The van der Waals surface area contributed by atoms with E-state index in [0.29, 0.717) is 34.3 Å². The van der Waals surface area contributed by atoms with Crippen LogP contribution < -0.4 is 29.6 Å². The lowest BCUT2D eigenvalue weighted by Gasteiger charge is -2.16. The molecule has 2 aromatic rings. The third-order valence-corrected chi connectivity index (χ3v) is 4.17. The van der Waals surface area contributed by atoms with Crippen molar-refractivity contribution in [3.8, 4) is 28.7 Å². The van der Waals surface area contributed by atoms with Gasteiger partial charge in [-0.3, -0.25) is 4.99 Å². The van der Waals surface area contributed by atoms with Gasteiger partial charge in [-0.1, -0.05) is 0 Å². The van der Waals surface area contributed by atoms with Gasteiger partial charge in [-0.15, -0.1) is 0 Å². The fourth-order valence-corrected chi connectivity index (χ4v) is 2.72. The summed E-state index contributed by atoms with van der Waals surface area (Å²) in [6.07, 6.45) is 0. The van der Waals surface area contributed by atoms with Gasteiger partial charge in [0.2, 0.25) is 6.79 Å². The predicted molar refractivity (Wildman–Crippen MR) is 101 cm³/mol. The molecule has 0 fully saturated rings. The number of halogens is 2. The summed E-state index contributed by atoms with van der Waals surface area (Å²) in [6.45, 7) is -2.54. The summed E-state index contributed by atoms with van der Waals surface area (Å²) in [4.78, 5) is 4.09. The standard InChI is InChI=1S/C19H21F2N3O5/c1-22-19(23-8-11-5-13(26-2)3-4-14(11)25)24-9-12-6-16-17(28-10-27-16)7-15(12)29-18(20)21/h3-7,18,25H,8-10H2,1-2H3,(H2,22,23,24). The van der Waals surface area contributed by atoms with E-state index in [2.05, 4.69) is 20.4 Å². The number of aromatic hydroxyl groups is 1. The first kappa shape index (κ1) is 20.3. The minimum atomic E-state index is -2.97. The third kappa shape index (κ3) is 5.09. The highest BCUT2D eigenvalue weighted by Crippen LogP contribution is 2.38. The zero-order valence-corrected chi connectivity index (χ0v) is 15.9. The number of methoxy groups -OCH3 is 1. The van der Waals surface area contributed by atoms with E-state index in [1.165, 1.54) is 19.2 Å². The number of nitrogens with one attached hydrogen (secondary N) is 2. The van der Waals surface area contributed by atoms with Gasteiger partial charge in [0, 0.05) is 37.3 Å². The Bertz CT molecular complexity index is 892. The molecule has 10 heteroatoms. The van der Waals surface area contributed by atoms with Gasteiger partial charge in [0.1, 0.15) is 17.2 Å². The average Bonchev–Trinajstić information content (AvgIpc) is 3.16. The molecule has 29 heavy (non-hydrogen) atoms. The quantitative estimate of drug-likeness (QED) is 0.478. The lowest BCUT2D eigenvalue weighted by molar-refractivity contribution is -0.0505. The number of phenols is 1. The molecular weight excluding hydrogens is 388 g/mol. The number of hydrogen-bond acceptors (Lipinski definition) is 6. The molecule has 1 aliphatic rings. The Labute approximate surface area is 166 Å². The van der Waals surface area contributed by atoms with E-state index >= 15 is 0 Å². The van der Waals surface area contributed by atoms with Crippen molar-refractivity contribution in [1.82, 2.24) is 10.6 Å². The summed E-state index contributed by atoms with van der Waals surface area (Å²) in [7, 11) is 3.10. The van der Waals surface area contributed by atoms with Crippen LogP contribution >= 0.6 is 0 Å². The molecule has 0 unspecified atom stereocenters. The molecule has 1 aliphatic heterocycles. The van der Waals surface area contributed by atoms with E-state index in [4.69, 9.17) is 14.2 Å².